The van der Waals surface area contributed by atoms with Gasteiger partial charge in [0.05, 0.1) is 5.69 Å². The Hall–Kier alpha value is -2.21. The van der Waals surface area contributed by atoms with Crippen LogP contribution in [0.2, 0.25) is 0 Å². The number of thiazole rings is 1. The minimum Gasteiger partial charge on any atom is -0.477 e. The van der Waals surface area contributed by atoms with Crippen LogP contribution in [-0.4, -0.2) is 22.5 Å². The Morgan fingerprint density at radius 1 is 1.35 bits per heavy atom. The van der Waals surface area contributed by atoms with Gasteiger partial charge in [0.25, 0.3) is 0 Å². The fourth-order valence-corrected chi connectivity index (χ4v) is 2.15. The molecule has 6 heteroatoms. The summed E-state index contributed by atoms with van der Waals surface area (Å²) in [4.78, 5) is 25.6. The highest BCUT2D eigenvalue weighted by atomic mass is 32.1. The number of carboxylic acids is 1. The first-order valence-corrected chi connectivity index (χ1v) is 5.53. The van der Waals surface area contributed by atoms with Crippen LogP contribution in [0.1, 0.15) is 9.67 Å². The van der Waals surface area contributed by atoms with E-state index in [4.69, 9.17) is 5.11 Å². The van der Waals surface area contributed by atoms with Gasteiger partial charge in [-0.1, -0.05) is 41.7 Å². The minimum absolute atomic E-state index is 0.112. The molecule has 0 radical (unpaired) electrons. The van der Waals surface area contributed by atoms with Gasteiger partial charge >= 0.3 is 5.97 Å². The molecule has 0 spiro atoms. The molecule has 2 aromatic rings. The first-order chi connectivity index (χ1) is 8.22. The van der Waals surface area contributed by atoms with Crippen molar-refractivity contribution in [2.75, 3.05) is 5.32 Å². The molecule has 86 valence electrons. The molecule has 0 atom stereocenters. The molecular weight excluding hydrogens is 240 g/mol. The molecule has 0 aliphatic carbocycles. The van der Waals surface area contributed by atoms with Crippen LogP contribution in [0.15, 0.2) is 30.3 Å². The predicted octanol–water partition coefficient (Wildman–Crippen LogP) is 2.08. The van der Waals surface area contributed by atoms with Crippen molar-refractivity contribution < 1.29 is 14.7 Å². The highest BCUT2D eigenvalue weighted by Crippen LogP contribution is 2.30. The fourth-order valence-electron chi connectivity index (χ4n) is 1.37. The summed E-state index contributed by atoms with van der Waals surface area (Å²) in [6, 6.07) is 8.97. The van der Waals surface area contributed by atoms with E-state index in [1.165, 1.54) is 0 Å². The summed E-state index contributed by atoms with van der Waals surface area (Å²) in [5.41, 5.74) is 1.08. The van der Waals surface area contributed by atoms with E-state index in [-0.39, 0.29) is 10.0 Å². The third kappa shape index (κ3) is 2.31. The van der Waals surface area contributed by atoms with Gasteiger partial charge in [0.15, 0.2) is 5.13 Å². The smallest absolute Gasteiger partial charge is 0.348 e. The lowest BCUT2D eigenvalue weighted by molar-refractivity contribution is -0.105. The van der Waals surface area contributed by atoms with Crippen molar-refractivity contribution in [2.45, 2.75) is 0 Å². The zero-order valence-corrected chi connectivity index (χ0v) is 9.40. The van der Waals surface area contributed by atoms with E-state index >= 15 is 0 Å². The number of anilines is 1. The first kappa shape index (κ1) is 11.3. The van der Waals surface area contributed by atoms with Crippen LogP contribution in [0.5, 0.6) is 0 Å². The number of aromatic nitrogens is 1. The van der Waals surface area contributed by atoms with E-state index in [1.807, 2.05) is 6.07 Å². The van der Waals surface area contributed by atoms with Gasteiger partial charge in [-0.3, -0.25) is 4.79 Å². The molecule has 2 rings (SSSR count). The van der Waals surface area contributed by atoms with Gasteiger partial charge < -0.3 is 10.4 Å². The second-order valence-electron chi connectivity index (χ2n) is 3.13. The number of rotatable bonds is 4. The van der Waals surface area contributed by atoms with Crippen LogP contribution in [0.3, 0.4) is 0 Å². The van der Waals surface area contributed by atoms with Crippen molar-refractivity contribution in [3.8, 4) is 11.3 Å². The van der Waals surface area contributed by atoms with E-state index in [1.54, 1.807) is 24.3 Å². The van der Waals surface area contributed by atoms with Crippen molar-refractivity contribution in [1.82, 2.24) is 4.98 Å². The number of benzene rings is 1. The molecule has 0 saturated carbocycles. The number of nitrogens with one attached hydrogen (secondary N) is 1. The van der Waals surface area contributed by atoms with E-state index in [0.29, 0.717) is 17.7 Å². The summed E-state index contributed by atoms with van der Waals surface area (Å²) in [6.45, 7) is 0. The van der Waals surface area contributed by atoms with Crippen LogP contribution < -0.4 is 5.32 Å². The Morgan fingerprint density at radius 2 is 2.06 bits per heavy atom. The highest BCUT2D eigenvalue weighted by Gasteiger charge is 2.18. The van der Waals surface area contributed by atoms with Crippen LogP contribution in [0.25, 0.3) is 11.3 Å². The monoisotopic (exact) mass is 248 g/mol. The predicted molar refractivity (Wildman–Crippen MR) is 64.2 cm³/mol. The normalized spacial score (nSPS) is 9.88. The molecule has 0 bridgehead atoms. The number of carboxylic acid groups (broad SMARTS) is 1. The second-order valence-corrected chi connectivity index (χ2v) is 4.13. The standard InChI is InChI=1S/C11H8N2O3S/c14-6-12-11-13-8(9(17-11)10(15)16)7-4-2-1-3-5-7/h1-6H,(H,15,16)(H,12,13,14). The molecule has 0 fully saturated rings. The zero-order chi connectivity index (χ0) is 12.3. The molecule has 0 saturated heterocycles. The molecule has 5 nitrogen and oxygen atoms in total. The lowest BCUT2D eigenvalue weighted by atomic mass is 10.1. The van der Waals surface area contributed by atoms with Gasteiger partial charge in [0, 0.05) is 5.56 Å². The lowest BCUT2D eigenvalue weighted by Crippen LogP contribution is -1.95. The van der Waals surface area contributed by atoms with Crippen molar-refractivity contribution >= 4 is 28.8 Å². The molecule has 1 amide bonds. The maximum absolute atomic E-state index is 11.1. The molecule has 2 N–H and O–H groups in total. The van der Waals surface area contributed by atoms with Crippen molar-refractivity contribution in [3.05, 3.63) is 35.2 Å². The number of hydrogen-bond acceptors (Lipinski definition) is 4. The molecule has 0 unspecified atom stereocenters. The van der Waals surface area contributed by atoms with Gasteiger partial charge in [-0.15, -0.1) is 0 Å². The molecule has 17 heavy (non-hydrogen) atoms. The Bertz CT molecular complexity index is 551. The van der Waals surface area contributed by atoms with Crippen LogP contribution >= 0.6 is 11.3 Å². The summed E-state index contributed by atoms with van der Waals surface area (Å²) >= 11 is 0.934. The average molecular weight is 248 g/mol. The summed E-state index contributed by atoms with van der Waals surface area (Å²) < 4.78 is 0. The van der Waals surface area contributed by atoms with E-state index < -0.39 is 5.97 Å². The second kappa shape index (κ2) is 4.75. The third-order valence-corrected chi connectivity index (χ3v) is 3.03. The van der Waals surface area contributed by atoms with E-state index in [2.05, 4.69) is 10.3 Å². The number of amides is 1. The zero-order valence-electron chi connectivity index (χ0n) is 8.58. The molecule has 1 aromatic carbocycles. The number of nitrogens with zero attached hydrogens (tertiary/aromatic N) is 1. The molecule has 0 aliphatic rings. The summed E-state index contributed by atoms with van der Waals surface area (Å²) in [7, 11) is 0. The van der Waals surface area contributed by atoms with Crippen LogP contribution in [0.4, 0.5) is 5.13 Å². The molecule has 0 aliphatic heterocycles. The lowest BCUT2D eigenvalue weighted by Gasteiger charge is -1.97. The van der Waals surface area contributed by atoms with Gasteiger partial charge in [0.1, 0.15) is 4.88 Å². The van der Waals surface area contributed by atoms with Gasteiger partial charge in [-0.25, -0.2) is 9.78 Å². The topological polar surface area (TPSA) is 79.3 Å². The maximum atomic E-state index is 11.1. The van der Waals surface area contributed by atoms with Crippen LogP contribution in [-0.2, 0) is 4.79 Å². The van der Waals surface area contributed by atoms with Gasteiger partial charge in [-0.05, 0) is 0 Å². The molecule has 1 aromatic heterocycles. The molecule has 1 heterocycles. The number of aromatic carboxylic acids is 1. The quantitative estimate of drug-likeness (QED) is 0.812. The van der Waals surface area contributed by atoms with E-state index in [9.17, 15) is 9.59 Å². The molecular formula is C11H8N2O3S. The average Bonchev–Trinajstić information content (AvgIpc) is 2.75. The SMILES string of the molecule is O=CNc1nc(-c2ccccc2)c(C(=O)O)s1. The van der Waals surface area contributed by atoms with E-state index in [0.717, 1.165) is 11.3 Å². The maximum Gasteiger partial charge on any atom is 0.348 e. The summed E-state index contributed by atoms with van der Waals surface area (Å²) in [5, 5.41) is 11.7. The van der Waals surface area contributed by atoms with Crippen molar-refractivity contribution in [3.63, 3.8) is 0 Å². The fraction of sp³-hybridized carbons (Fsp3) is 0. The number of carbonyl (C=O) groups is 2. The van der Waals surface area contributed by atoms with Crippen molar-refractivity contribution in [2.24, 2.45) is 0 Å². The first-order valence-electron chi connectivity index (χ1n) is 4.72. The Morgan fingerprint density at radius 3 is 2.65 bits per heavy atom. The number of hydrogen-bond donors (Lipinski definition) is 2. The Labute approximate surface area is 101 Å². The third-order valence-electron chi connectivity index (χ3n) is 2.05. The summed E-state index contributed by atoms with van der Waals surface area (Å²) in [5.74, 6) is -1.06. The highest BCUT2D eigenvalue weighted by molar-refractivity contribution is 7.18. The Balaban J connectivity index is 2.52. The van der Waals surface area contributed by atoms with Crippen LogP contribution in [0, 0.1) is 0 Å². The Kier molecular flexibility index (Phi) is 3.15. The van der Waals surface area contributed by atoms with Gasteiger partial charge in [0.2, 0.25) is 6.41 Å². The number of carbonyl (C=O) groups excluding carboxylic acids is 1. The minimum atomic E-state index is -1.06. The van der Waals surface area contributed by atoms with Gasteiger partial charge in [-0.2, -0.15) is 0 Å². The summed E-state index contributed by atoms with van der Waals surface area (Å²) in [6.07, 6.45) is 0.471. The van der Waals surface area contributed by atoms with Crippen molar-refractivity contribution in [1.29, 1.82) is 0 Å². The largest absolute Gasteiger partial charge is 0.477 e.